The van der Waals surface area contributed by atoms with E-state index in [1.807, 2.05) is 0 Å². The summed E-state index contributed by atoms with van der Waals surface area (Å²) in [6, 6.07) is 6.70. The molecule has 3 rings (SSSR count). The molecule has 2 heterocycles. The van der Waals surface area contributed by atoms with Crippen molar-refractivity contribution in [2.75, 3.05) is 37.6 Å². The first-order valence-corrected chi connectivity index (χ1v) is 8.78. The molecule has 1 fully saturated rings. The van der Waals surface area contributed by atoms with Gasteiger partial charge in [-0.1, -0.05) is 13.8 Å². The fraction of sp³-hybridized carbons (Fsp3) is 0.588. The van der Waals surface area contributed by atoms with Crippen LogP contribution in [0.4, 0.5) is 5.69 Å². The average molecular weight is 303 g/mol. The maximum atomic E-state index is 4.54. The Bertz CT molecular complexity index is 597. The number of nitrogens with zero attached hydrogens (tertiary/aromatic N) is 3. The minimum atomic E-state index is 0.806. The smallest absolute Gasteiger partial charge is 0.0907 e. The molecule has 4 heteroatoms. The molecule has 0 radical (unpaired) electrons. The Morgan fingerprint density at radius 1 is 1.19 bits per heavy atom. The van der Waals surface area contributed by atoms with Crippen LogP contribution in [0.1, 0.15) is 25.3 Å². The molecule has 0 aliphatic carbocycles. The number of thiazole rings is 1. The van der Waals surface area contributed by atoms with E-state index in [0.29, 0.717) is 0 Å². The topological polar surface area (TPSA) is 19.4 Å². The fourth-order valence-electron chi connectivity index (χ4n) is 2.90. The van der Waals surface area contributed by atoms with Gasteiger partial charge >= 0.3 is 0 Å². The van der Waals surface area contributed by atoms with Crippen LogP contribution in [0, 0.1) is 12.8 Å². The number of aryl methyl sites for hydroxylation is 1. The van der Waals surface area contributed by atoms with Crippen molar-refractivity contribution in [2.24, 2.45) is 5.92 Å². The lowest BCUT2D eigenvalue weighted by Gasteiger charge is -2.36. The Kier molecular flexibility index (Phi) is 4.45. The first-order valence-electron chi connectivity index (χ1n) is 7.96. The summed E-state index contributed by atoms with van der Waals surface area (Å²) in [7, 11) is 0. The molecular formula is C17H25N3S. The van der Waals surface area contributed by atoms with Crippen LogP contribution >= 0.6 is 11.3 Å². The molecule has 1 aromatic carbocycles. The number of benzene rings is 1. The summed E-state index contributed by atoms with van der Waals surface area (Å²) >= 11 is 1.79. The van der Waals surface area contributed by atoms with Gasteiger partial charge in [0.2, 0.25) is 0 Å². The van der Waals surface area contributed by atoms with Gasteiger partial charge in [0.25, 0.3) is 0 Å². The predicted molar refractivity (Wildman–Crippen MR) is 92.5 cm³/mol. The maximum absolute atomic E-state index is 4.54. The van der Waals surface area contributed by atoms with Crippen molar-refractivity contribution >= 4 is 27.2 Å². The van der Waals surface area contributed by atoms with Gasteiger partial charge in [0, 0.05) is 31.9 Å². The van der Waals surface area contributed by atoms with Crippen LogP contribution < -0.4 is 4.90 Å². The summed E-state index contributed by atoms with van der Waals surface area (Å²) in [6.07, 6.45) is 1.31. The lowest BCUT2D eigenvalue weighted by molar-refractivity contribution is 0.244. The molecule has 0 spiro atoms. The lowest BCUT2D eigenvalue weighted by Crippen LogP contribution is -2.46. The minimum absolute atomic E-state index is 0.806. The Morgan fingerprint density at radius 2 is 1.95 bits per heavy atom. The second-order valence-electron chi connectivity index (χ2n) is 6.40. The highest BCUT2D eigenvalue weighted by atomic mass is 32.1. The van der Waals surface area contributed by atoms with Crippen molar-refractivity contribution in [2.45, 2.75) is 27.2 Å². The number of fused-ring (bicyclic) bond motifs is 1. The van der Waals surface area contributed by atoms with Crippen LogP contribution in [0.3, 0.4) is 0 Å². The lowest BCUT2D eigenvalue weighted by atomic mass is 10.1. The first kappa shape index (κ1) is 14.8. The van der Waals surface area contributed by atoms with E-state index >= 15 is 0 Å². The molecule has 21 heavy (non-hydrogen) atoms. The van der Waals surface area contributed by atoms with Crippen molar-refractivity contribution in [3.8, 4) is 0 Å². The van der Waals surface area contributed by atoms with Gasteiger partial charge < -0.3 is 4.90 Å². The van der Waals surface area contributed by atoms with Gasteiger partial charge in [-0.25, -0.2) is 4.98 Å². The van der Waals surface area contributed by atoms with Crippen molar-refractivity contribution in [1.82, 2.24) is 9.88 Å². The van der Waals surface area contributed by atoms with Gasteiger partial charge in [0.1, 0.15) is 0 Å². The third kappa shape index (κ3) is 3.55. The van der Waals surface area contributed by atoms with Crippen LogP contribution in [0.25, 0.3) is 10.2 Å². The Labute approximate surface area is 131 Å². The number of hydrogen-bond acceptors (Lipinski definition) is 4. The van der Waals surface area contributed by atoms with Crippen LogP contribution in [0.15, 0.2) is 18.2 Å². The van der Waals surface area contributed by atoms with Gasteiger partial charge in [0.15, 0.2) is 0 Å². The zero-order chi connectivity index (χ0) is 14.8. The Balaban J connectivity index is 1.62. The number of rotatable bonds is 4. The molecule has 0 bridgehead atoms. The number of hydrogen-bond donors (Lipinski definition) is 0. The van der Waals surface area contributed by atoms with Crippen molar-refractivity contribution in [3.63, 3.8) is 0 Å². The van der Waals surface area contributed by atoms with Gasteiger partial charge in [-0.3, -0.25) is 4.90 Å². The SMILES string of the molecule is Cc1nc2ccc(N3CCN(CCC(C)C)CC3)cc2s1. The summed E-state index contributed by atoms with van der Waals surface area (Å²) < 4.78 is 1.31. The predicted octanol–water partition coefficient (Wildman–Crippen LogP) is 3.77. The number of piperazine rings is 1. The van der Waals surface area contributed by atoms with Crippen molar-refractivity contribution < 1.29 is 0 Å². The Hall–Kier alpha value is -1.13. The van der Waals surface area contributed by atoms with E-state index in [1.165, 1.54) is 36.4 Å². The minimum Gasteiger partial charge on any atom is -0.369 e. The molecule has 1 aromatic heterocycles. The zero-order valence-corrected chi connectivity index (χ0v) is 14.1. The standard InChI is InChI=1S/C17H25N3S/c1-13(2)6-7-19-8-10-20(11-9-19)15-4-5-16-17(12-15)21-14(3)18-16/h4-5,12-13H,6-11H2,1-3H3. The van der Waals surface area contributed by atoms with E-state index in [4.69, 9.17) is 0 Å². The van der Waals surface area contributed by atoms with E-state index in [9.17, 15) is 0 Å². The van der Waals surface area contributed by atoms with Crippen molar-refractivity contribution in [3.05, 3.63) is 23.2 Å². The molecule has 0 saturated carbocycles. The summed E-state index contributed by atoms with van der Waals surface area (Å²) in [6.45, 7) is 12.6. The Morgan fingerprint density at radius 3 is 2.67 bits per heavy atom. The highest BCUT2D eigenvalue weighted by Gasteiger charge is 2.17. The number of aromatic nitrogens is 1. The molecule has 3 nitrogen and oxygen atoms in total. The molecular weight excluding hydrogens is 278 g/mol. The highest BCUT2D eigenvalue weighted by molar-refractivity contribution is 7.18. The molecule has 0 unspecified atom stereocenters. The molecule has 2 aromatic rings. The van der Waals surface area contributed by atoms with Crippen LogP contribution in [-0.2, 0) is 0 Å². The average Bonchev–Trinajstić information content (AvgIpc) is 2.84. The summed E-state index contributed by atoms with van der Waals surface area (Å²) in [4.78, 5) is 9.66. The zero-order valence-electron chi connectivity index (χ0n) is 13.3. The molecule has 1 aliphatic heterocycles. The second-order valence-corrected chi connectivity index (χ2v) is 7.63. The van der Waals surface area contributed by atoms with E-state index < -0.39 is 0 Å². The third-order valence-corrected chi connectivity index (χ3v) is 5.17. The van der Waals surface area contributed by atoms with Crippen LogP contribution in [0.2, 0.25) is 0 Å². The monoisotopic (exact) mass is 303 g/mol. The van der Waals surface area contributed by atoms with E-state index in [2.05, 4.69) is 53.8 Å². The highest BCUT2D eigenvalue weighted by Crippen LogP contribution is 2.27. The molecule has 0 amide bonds. The normalized spacial score (nSPS) is 17.0. The molecule has 0 atom stereocenters. The molecule has 1 aliphatic rings. The van der Waals surface area contributed by atoms with Crippen LogP contribution in [0.5, 0.6) is 0 Å². The van der Waals surface area contributed by atoms with Gasteiger partial charge in [0.05, 0.1) is 15.2 Å². The fourth-order valence-corrected chi connectivity index (χ4v) is 3.76. The molecule has 0 N–H and O–H groups in total. The van der Waals surface area contributed by atoms with Gasteiger partial charge in [-0.15, -0.1) is 11.3 Å². The molecule has 114 valence electrons. The van der Waals surface area contributed by atoms with Crippen molar-refractivity contribution in [1.29, 1.82) is 0 Å². The van der Waals surface area contributed by atoms with Gasteiger partial charge in [-0.05, 0) is 44.0 Å². The molecule has 1 saturated heterocycles. The van der Waals surface area contributed by atoms with Crippen LogP contribution in [-0.4, -0.2) is 42.6 Å². The summed E-state index contributed by atoms with van der Waals surface area (Å²) in [5, 5.41) is 1.15. The number of anilines is 1. The van der Waals surface area contributed by atoms with E-state index in [0.717, 1.165) is 29.5 Å². The van der Waals surface area contributed by atoms with E-state index in [-0.39, 0.29) is 0 Å². The maximum Gasteiger partial charge on any atom is 0.0907 e. The third-order valence-electron chi connectivity index (χ3n) is 4.24. The first-order chi connectivity index (χ1) is 10.1. The largest absolute Gasteiger partial charge is 0.369 e. The quantitative estimate of drug-likeness (QED) is 0.857. The second kappa shape index (κ2) is 6.32. The summed E-state index contributed by atoms with van der Waals surface area (Å²) in [5.74, 6) is 0.806. The van der Waals surface area contributed by atoms with Gasteiger partial charge in [-0.2, -0.15) is 0 Å². The summed E-state index contributed by atoms with van der Waals surface area (Å²) in [5.41, 5.74) is 2.49. The van der Waals surface area contributed by atoms with E-state index in [1.54, 1.807) is 11.3 Å².